The summed E-state index contributed by atoms with van der Waals surface area (Å²) in [6.45, 7) is 7.34. The quantitative estimate of drug-likeness (QED) is 0.472. The number of nitrogens with one attached hydrogen (secondary N) is 1. The van der Waals surface area contributed by atoms with Gasteiger partial charge in [-0.2, -0.15) is 0 Å². The zero-order valence-corrected chi connectivity index (χ0v) is 13.6. The summed E-state index contributed by atoms with van der Waals surface area (Å²) >= 11 is 0. The summed E-state index contributed by atoms with van der Waals surface area (Å²) in [5.74, 6) is -0.0124. The molecule has 0 aromatic carbocycles. The Bertz CT molecular complexity index is 269. The zero-order chi connectivity index (χ0) is 15.8. The van der Waals surface area contributed by atoms with Crippen LogP contribution in [-0.4, -0.2) is 44.7 Å². The first-order valence-corrected chi connectivity index (χ1v) is 8.08. The number of hydrogen-bond donors (Lipinski definition) is 1. The van der Waals surface area contributed by atoms with Gasteiger partial charge in [0, 0.05) is 45.8 Å². The maximum absolute atomic E-state index is 11.3. The van der Waals surface area contributed by atoms with E-state index in [1.807, 2.05) is 0 Å². The van der Waals surface area contributed by atoms with Gasteiger partial charge in [-0.1, -0.05) is 13.3 Å². The Morgan fingerprint density at radius 2 is 1.43 bits per heavy atom. The van der Waals surface area contributed by atoms with Gasteiger partial charge < -0.3 is 19.6 Å². The second-order valence-corrected chi connectivity index (χ2v) is 5.19. The van der Waals surface area contributed by atoms with E-state index in [-0.39, 0.29) is 18.1 Å². The highest BCUT2D eigenvalue weighted by Gasteiger charge is 2.02. The lowest BCUT2D eigenvalue weighted by molar-refractivity contribution is -0.124. The van der Waals surface area contributed by atoms with Crippen molar-refractivity contribution < 1.29 is 19.1 Å². The molecule has 0 saturated heterocycles. The average Bonchev–Trinajstić information content (AvgIpc) is 2.46. The van der Waals surface area contributed by atoms with Crippen molar-refractivity contribution in [2.45, 2.75) is 58.8 Å². The molecule has 21 heavy (non-hydrogen) atoms. The third-order valence-electron chi connectivity index (χ3n) is 2.96. The Kier molecular flexibility index (Phi) is 14.8. The van der Waals surface area contributed by atoms with Crippen LogP contribution in [0.15, 0.2) is 0 Å². The zero-order valence-electron chi connectivity index (χ0n) is 13.6. The summed E-state index contributed by atoms with van der Waals surface area (Å²) < 4.78 is 10.9. The molecule has 0 aromatic rings. The summed E-state index contributed by atoms with van der Waals surface area (Å²) in [7, 11) is 0. The highest BCUT2D eigenvalue weighted by Crippen LogP contribution is 1.95. The van der Waals surface area contributed by atoms with Gasteiger partial charge in [0.1, 0.15) is 5.78 Å². The van der Waals surface area contributed by atoms with E-state index >= 15 is 0 Å². The first-order chi connectivity index (χ1) is 10.2. The molecule has 0 atom stereocenters. The van der Waals surface area contributed by atoms with Gasteiger partial charge in [-0.25, -0.2) is 0 Å². The molecular formula is C16H31NO4. The van der Waals surface area contributed by atoms with Crippen molar-refractivity contribution in [3.8, 4) is 0 Å². The van der Waals surface area contributed by atoms with Crippen LogP contribution >= 0.6 is 0 Å². The van der Waals surface area contributed by atoms with Crippen LogP contribution in [0.1, 0.15) is 58.8 Å². The molecule has 1 N–H and O–H groups in total. The fraction of sp³-hybridized carbons (Fsp3) is 0.875. The van der Waals surface area contributed by atoms with Gasteiger partial charge in [0.05, 0.1) is 0 Å². The minimum Gasteiger partial charge on any atom is -0.381 e. The number of rotatable bonds is 15. The Labute approximate surface area is 128 Å². The first-order valence-electron chi connectivity index (χ1n) is 8.08. The maximum Gasteiger partial charge on any atom is 0.220 e. The van der Waals surface area contributed by atoms with Crippen molar-refractivity contribution in [3.05, 3.63) is 0 Å². The van der Waals surface area contributed by atoms with Crippen LogP contribution in [0, 0.1) is 0 Å². The summed E-state index contributed by atoms with van der Waals surface area (Å²) in [6.07, 6.45) is 5.77. The van der Waals surface area contributed by atoms with Gasteiger partial charge >= 0.3 is 0 Å². The number of amides is 1. The molecule has 0 bridgehead atoms. The predicted molar refractivity (Wildman–Crippen MR) is 83.3 cm³/mol. The monoisotopic (exact) mass is 301 g/mol. The van der Waals surface area contributed by atoms with Crippen molar-refractivity contribution in [2.75, 3.05) is 33.0 Å². The van der Waals surface area contributed by atoms with Gasteiger partial charge in [0.25, 0.3) is 0 Å². The standard InChI is InChI=1S/C16H31NO4/c1-3-4-11-20-12-5-6-13-21-14-7-10-17-16(19)9-8-15(2)18/h3-14H2,1-2H3,(H,17,19). The van der Waals surface area contributed by atoms with Crippen molar-refractivity contribution in [3.63, 3.8) is 0 Å². The van der Waals surface area contributed by atoms with Crippen LogP contribution < -0.4 is 5.32 Å². The van der Waals surface area contributed by atoms with Gasteiger partial charge in [0.15, 0.2) is 0 Å². The lowest BCUT2D eigenvalue weighted by Crippen LogP contribution is -2.25. The van der Waals surface area contributed by atoms with Crippen LogP contribution in [0.3, 0.4) is 0 Å². The number of Topliss-reactive ketones (excluding diaryl/α,β-unsaturated/α-hetero) is 1. The minimum absolute atomic E-state index is 0.0483. The molecule has 0 aliphatic carbocycles. The van der Waals surface area contributed by atoms with Crippen molar-refractivity contribution in [1.29, 1.82) is 0 Å². The summed E-state index contributed by atoms with van der Waals surface area (Å²) in [4.78, 5) is 22.0. The van der Waals surface area contributed by atoms with E-state index < -0.39 is 0 Å². The molecule has 0 aliphatic heterocycles. The van der Waals surface area contributed by atoms with Crippen LogP contribution in [0.4, 0.5) is 0 Å². The number of carbonyl (C=O) groups is 2. The summed E-state index contributed by atoms with van der Waals surface area (Å²) in [6, 6.07) is 0. The van der Waals surface area contributed by atoms with Gasteiger partial charge in [-0.15, -0.1) is 0 Å². The highest BCUT2D eigenvalue weighted by atomic mass is 16.5. The van der Waals surface area contributed by atoms with Crippen LogP contribution in [0.5, 0.6) is 0 Å². The van der Waals surface area contributed by atoms with E-state index in [1.54, 1.807) is 0 Å². The van der Waals surface area contributed by atoms with E-state index in [2.05, 4.69) is 12.2 Å². The molecule has 0 aromatic heterocycles. The molecule has 0 fully saturated rings. The normalized spacial score (nSPS) is 10.6. The lowest BCUT2D eigenvalue weighted by atomic mass is 10.2. The van der Waals surface area contributed by atoms with Crippen LogP contribution in [0.25, 0.3) is 0 Å². The number of ketones is 1. The second-order valence-electron chi connectivity index (χ2n) is 5.19. The molecule has 124 valence electrons. The van der Waals surface area contributed by atoms with Gasteiger partial charge in [-0.05, 0) is 32.6 Å². The second kappa shape index (κ2) is 15.4. The summed E-state index contributed by atoms with van der Waals surface area (Å²) in [5, 5.41) is 2.78. The molecular weight excluding hydrogens is 270 g/mol. The largest absolute Gasteiger partial charge is 0.381 e. The van der Waals surface area contributed by atoms with Crippen LogP contribution in [0.2, 0.25) is 0 Å². The van der Waals surface area contributed by atoms with Crippen molar-refractivity contribution in [2.24, 2.45) is 0 Å². The lowest BCUT2D eigenvalue weighted by Gasteiger charge is -2.06. The molecule has 0 rings (SSSR count). The predicted octanol–water partition coefficient (Wildman–Crippen LogP) is 2.48. The molecule has 1 amide bonds. The third-order valence-corrected chi connectivity index (χ3v) is 2.96. The van der Waals surface area contributed by atoms with Crippen molar-refractivity contribution >= 4 is 11.7 Å². The van der Waals surface area contributed by atoms with Gasteiger partial charge in [0.2, 0.25) is 5.91 Å². The number of carbonyl (C=O) groups excluding carboxylic acids is 2. The number of unbranched alkanes of at least 4 members (excludes halogenated alkanes) is 2. The van der Waals surface area contributed by atoms with Crippen molar-refractivity contribution in [1.82, 2.24) is 5.32 Å². The highest BCUT2D eigenvalue weighted by molar-refractivity contribution is 5.83. The SMILES string of the molecule is CCCCOCCCCOCCCNC(=O)CCC(C)=O. The fourth-order valence-electron chi connectivity index (χ4n) is 1.64. The number of ether oxygens (including phenoxy) is 2. The molecule has 0 radical (unpaired) electrons. The minimum atomic E-state index is -0.0607. The molecule has 5 heteroatoms. The van der Waals surface area contributed by atoms with E-state index in [1.165, 1.54) is 13.3 Å². The molecule has 5 nitrogen and oxygen atoms in total. The van der Waals surface area contributed by atoms with E-state index in [4.69, 9.17) is 9.47 Å². The smallest absolute Gasteiger partial charge is 0.220 e. The third kappa shape index (κ3) is 17.0. The molecule has 0 spiro atoms. The molecule has 0 heterocycles. The Morgan fingerprint density at radius 3 is 2.00 bits per heavy atom. The molecule has 0 saturated carbocycles. The molecule has 0 unspecified atom stereocenters. The maximum atomic E-state index is 11.3. The number of hydrogen-bond acceptors (Lipinski definition) is 4. The fourth-order valence-corrected chi connectivity index (χ4v) is 1.64. The first kappa shape index (κ1) is 20.1. The van der Waals surface area contributed by atoms with E-state index in [0.29, 0.717) is 19.6 Å². The molecule has 0 aliphatic rings. The van der Waals surface area contributed by atoms with E-state index in [9.17, 15) is 9.59 Å². The topological polar surface area (TPSA) is 64.6 Å². The van der Waals surface area contributed by atoms with Gasteiger partial charge in [-0.3, -0.25) is 4.79 Å². The Hall–Kier alpha value is -0.940. The Balaban J connectivity index is 3.12. The average molecular weight is 301 g/mol. The Morgan fingerprint density at radius 1 is 0.857 bits per heavy atom. The van der Waals surface area contributed by atoms with E-state index in [0.717, 1.165) is 45.5 Å². The summed E-state index contributed by atoms with van der Waals surface area (Å²) in [5.41, 5.74) is 0. The van der Waals surface area contributed by atoms with Crippen LogP contribution in [-0.2, 0) is 19.1 Å².